The molecule has 5 aliphatic rings. The van der Waals surface area contributed by atoms with Crippen molar-refractivity contribution in [2.75, 3.05) is 31.1 Å². The van der Waals surface area contributed by atoms with Gasteiger partial charge in [0.1, 0.15) is 6.10 Å². The van der Waals surface area contributed by atoms with Gasteiger partial charge in [-0.05, 0) is 63.9 Å². The lowest BCUT2D eigenvalue weighted by Gasteiger charge is -2.54. The average Bonchev–Trinajstić information content (AvgIpc) is 3.48. The van der Waals surface area contributed by atoms with E-state index in [0.717, 1.165) is 93.5 Å². The maximum Gasteiger partial charge on any atom is 0.250 e. The number of fused-ring (bicyclic) bond motifs is 5. The van der Waals surface area contributed by atoms with Gasteiger partial charge in [0, 0.05) is 68.7 Å². The van der Waals surface area contributed by atoms with E-state index in [4.69, 9.17) is 14.8 Å². The molecule has 1 amide bonds. The highest BCUT2D eigenvalue weighted by atomic mass is 16.5. The van der Waals surface area contributed by atoms with E-state index >= 15 is 0 Å². The molecule has 0 aromatic carbocycles. The van der Waals surface area contributed by atoms with Crippen LogP contribution in [0.1, 0.15) is 61.2 Å². The third-order valence-corrected chi connectivity index (χ3v) is 9.98. The molecule has 3 aromatic rings. The molecular formula is C29H40N8O2. The second kappa shape index (κ2) is 9.30. The average molecular weight is 533 g/mol. The van der Waals surface area contributed by atoms with Crippen molar-refractivity contribution < 1.29 is 9.53 Å². The van der Waals surface area contributed by atoms with E-state index in [-0.39, 0.29) is 23.0 Å². The van der Waals surface area contributed by atoms with Crippen LogP contribution in [-0.2, 0) is 36.1 Å². The van der Waals surface area contributed by atoms with Crippen LogP contribution in [0.2, 0.25) is 0 Å². The molecule has 2 N–H and O–H groups in total. The van der Waals surface area contributed by atoms with Gasteiger partial charge in [-0.1, -0.05) is 0 Å². The Balaban J connectivity index is 1.05. The Morgan fingerprint density at radius 1 is 1.21 bits per heavy atom. The van der Waals surface area contributed by atoms with Crippen LogP contribution in [0.15, 0.2) is 12.3 Å². The van der Waals surface area contributed by atoms with Gasteiger partial charge >= 0.3 is 0 Å². The summed E-state index contributed by atoms with van der Waals surface area (Å²) in [5, 5.41) is 17.4. The number of aromatic nitrogens is 5. The Morgan fingerprint density at radius 2 is 2.00 bits per heavy atom. The number of hydrogen-bond donors (Lipinski definition) is 2. The summed E-state index contributed by atoms with van der Waals surface area (Å²) >= 11 is 0. The lowest BCUT2D eigenvalue weighted by Crippen LogP contribution is -2.60. The molecule has 1 saturated heterocycles. The first-order valence-corrected chi connectivity index (χ1v) is 14.6. The molecule has 10 nitrogen and oxygen atoms in total. The summed E-state index contributed by atoms with van der Waals surface area (Å²) in [6.45, 7) is 9.09. The van der Waals surface area contributed by atoms with Crippen molar-refractivity contribution in [3.8, 4) is 0 Å². The maximum absolute atomic E-state index is 12.9. The third kappa shape index (κ3) is 4.32. The first-order chi connectivity index (χ1) is 18.8. The topological polar surface area (TPSA) is 102 Å². The molecule has 8 rings (SSSR count). The predicted octanol–water partition coefficient (Wildman–Crippen LogP) is 2.54. The zero-order valence-corrected chi connectivity index (χ0v) is 23.4. The summed E-state index contributed by atoms with van der Waals surface area (Å²) in [5.41, 5.74) is 7.32. The molecule has 0 spiro atoms. The standard InChI is InChI=1S/C29H40N8O2/c1-19-14-24(21-15-31-35(3)26(21)32-19)36-12-4-23-22(17-36)20(2)34-37(23)18-28-5-8-29(9-6-28,10-7-28)33-27(38)25-16-30-11-13-39-25/h14-15,25,30H,4-13,16-18H2,1-3H3,(H,33,38). The summed E-state index contributed by atoms with van der Waals surface area (Å²) in [5.74, 6) is 0.0610. The number of nitrogens with zero attached hydrogens (tertiary/aromatic N) is 6. The van der Waals surface area contributed by atoms with E-state index in [2.05, 4.69) is 45.2 Å². The summed E-state index contributed by atoms with van der Waals surface area (Å²) < 4.78 is 9.91. The summed E-state index contributed by atoms with van der Waals surface area (Å²) in [6, 6.07) is 2.19. The summed E-state index contributed by atoms with van der Waals surface area (Å²) in [4.78, 5) is 20.1. The Morgan fingerprint density at radius 3 is 2.74 bits per heavy atom. The number of rotatable bonds is 5. The van der Waals surface area contributed by atoms with Crippen LogP contribution in [0.25, 0.3) is 11.0 Å². The van der Waals surface area contributed by atoms with Gasteiger partial charge in [0.2, 0.25) is 0 Å². The highest BCUT2D eigenvalue weighted by molar-refractivity contribution is 5.89. The molecule has 5 heterocycles. The maximum atomic E-state index is 12.9. The SMILES string of the molecule is Cc1cc(N2CCc3c(c(C)nn3CC34CCC(NC(=O)C5CNCCO5)(CC3)CC4)C2)c2cnn(C)c2n1. The van der Waals surface area contributed by atoms with Gasteiger partial charge in [-0.15, -0.1) is 0 Å². The Hall–Kier alpha value is -2.98. The molecule has 1 unspecified atom stereocenters. The first kappa shape index (κ1) is 25.0. The fourth-order valence-corrected chi connectivity index (χ4v) is 7.56. The van der Waals surface area contributed by atoms with E-state index < -0.39 is 0 Å². The van der Waals surface area contributed by atoms with Crippen LogP contribution in [0.3, 0.4) is 0 Å². The molecule has 2 bridgehead atoms. The normalized spacial score (nSPS) is 28.6. The first-order valence-electron chi connectivity index (χ1n) is 14.6. The molecule has 39 heavy (non-hydrogen) atoms. The molecule has 208 valence electrons. The number of nitrogens with one attached hydrogen (secondary N) is 2. The van der Waals surface area contributed by atoms with Gasteiger partial charge in [-0.25, -0.2) is 4.98 Å². The number of anilines is 1. The number of ether oxygens (including phenoxy) is 1. The van der Waals surface area contributed by atoms with Crippen molar-refractivity contribution in [2.45, 2.75) is 83.5 Å². The Labute approximate surface area is 229 Å². The van der Waals surface area contributed by atoms with Crippen LogP contribution in [0.5, 0.6) is 0 Å². The van der Waals surface area contributed by atoms with Crippen molar-refractivity contribution in [3.63, 3.8) is 0 Å². The van der Waals surface area contributed by atoms with Crippen LogP contribution in [0.4, 0.5) is 5.69 Å². The number of carbonyl (C=O) groups excluding carboxylic acids is 1. The number of carbonyl (C=O) groups is 1. The fraction of sp³-hybridized carbons (Fsp3) is 0.655. The van der Waals surface area contributed by atoms with Gasteiger partial charge in [-0.3, -0.25) is 14.2 Å². The quantitative estimate of drug-likeness (QED) is 0.521. The molecule has 3 saturated carbocycles. The van der Waals surface area contributed by atoms with Crippen LogP contribution in [0, 0.1) is 19.3 Å². The van der Waals surface area contributed by atoms with Crippen molar-refractivity contribution in [2.24, 2.45) is 12.5 Å². The van der Waals surface area contributed by atoms with Crippen molar-refractivity contribution in [3.05, 3.63) is 34.9 Å². The number of morpholine rings is 1. The molecule has 2 aliphatic heterocycles. The van der Waals surface area contributed by atoms with E-state index in [0.29, 0.717) is 13.2 Å². The number of pyridine rings is 1. The van der Waals surface area contributed by atoms with E-state index in [1.807, 2.05) is 17.9 Å². The zero-order chi connectivity index (χ0) is 26.8. The summed E-state index contributed by atoms with van der Waals surface area (Å²) in [7, 11) is 1.96. The van der Waals surface area contributed by atoms with Gasteiger partial charge in [0.05, 0.1) is 29.6 Å². The molecule has 1 atom stereocenters. The lowest BCUT2D eigenvalue weighted by atomic mass is 9.57. The molecular weight excluding hydrogens is 492 g/mol. The van der Waals surface area contributed by atoms with E-state index in [1.54, 1.807) is 0 Å². The number of amides is 1. The van der Waals surface area contributed by atoms with Crippen LogP contribution in [-0.4, -0.2) is 68.3 Å². The van der Waals surface area contributed by atoms with Crippen molar-refractivity contribution >= 4 is 22.6 Å². The minimum absolute atomic E-state index is 0.0556. The fourth-order valence-electron chi connectivity index (χ4n) is 7.56. The van der Waals surface area contributed by atoms with E-state index in [9.17, 15) is 4.79 Å². The number of aryl methyl sites for hydroxylation is 3. The van der Waals surface area contributed by atoms with E-state index in [1.165, 1.54) is 16.9 Å². The monoisotopic (exact) mass is 532 g/mol. The highest BCUT2D eigenvalue weighted by Gasteiger charge is 2.50. The third-order valence-electron chi connectivity index (χ3n) is 9.98. The van der Waals surface area contributed by atoms with Gasteiger partial charge in [0.15, 0.2) is 5.65 Å². The summed E-state index contributed by atoms with van der Waals surface area (Å²) in [6.07, 6.45) is 9.17. The number of hydrogen-bond acceptors (Lipinski definition) is 7. The second-order valence-electron chi connectivity index (χ2n) is 12.5. The largest absolute Gasteiger partial charge is 0.366 e. The minimum atomic E-state index is -0.356. The van der Waals surface area contributed by atoms with Gasteiger partial charge in [0.25, 0.3) is 5.91 Å². The molecule has 10 heteroatoms. The second-order valence-corrected chi connectivity index (χ2v) is 12.5. The van der Waals surface area contributed by atoms with Crippen LogP contribution < -0.4 is 15.5 Å². The molecule has 3 aliphatic carbocycles. The molecule has 3 aromatic heterocycles. The molecule has 4 fully saturated rings. The predicted molar refractivity (Wildman–Crippen MR) is 149 cm³/mol. The van der Waals surface area contributed by atoms with Crippen molar-refractivity contribution in [1.82, 2.24) is 35.2 Å². The van der Waals surface area contributed by atoms with Crippen LogP contribution >= 0.6 is 0 Å². The minimum Gasteiger partial charge on any atom is -0.366 e. The Bertz CT molecular complexity index is 1390. The van der Waals surface area contributed by atoms with Gasteiger partial charge in [-0.2, -0.15) is 10.2 Å². The zero-order valence-electron chi connectivity index (χ0n) is 23.4. The smallest absolute Gasteiger partial charge is 0.250 e. The lowest BCUT2D eigenvalue weighted by molar-refractivity contribution is -0.138. The van der Waals surface area contributed by atoms with Gasteiger partial charge < -0.3 is 20.3 Å². The Kier molecular flexibility index (Phi) is 5.97. The highest BCUT2D eigenvalue weighted by Crippen LogP contribution is 2.53. The van der Waals surface area contributed by atoms with Crippen molar-refractivity contribution in [1.29, 1.82) is 0 Å². The molecule has 0 radical (unpaired) electrons.